The molecule has 0 spiro atoms. The van der Waals surface area contributed by atoms with Crippen LogP contribution in [-0.2, 0) is 6.42 Å². The number of aliphatic hydroxyl groups excluding tert-OH is 1. The van der Waals surface area contributed by atoms with E-state index in [9.17, 15) is 0 Å². The van der Waals surface area contributed by atoms with E-state index in [1.807, 2.05) is 11.8 Å². The Kier molecular flexibility index (Phi) is 8.18. The molecule has 0 aromatic heterocycles. The number of nitrogens with one attached hydrogen (secondary N) is 1. The molecule has 1 saturated heterocycles. The van der Waals surface area contributed by atoms with Crippen molar-refractivity contribution in [2.24, 2.45) is 0 Å². The summed E-state index contributed by atoms with van der Waals surface area (Å²) >= 11 is 1.93. The fourth-order valence-electron chi connectivity index (χ4n) is 2.74. The number of likely N-dealkylation sites (tertiary alicyclic amines) is 1. The SMILES string of the molecule is OCCCSCCNC1CCN(CCc2ccccc2)C1. The molecule has 1 aromatic carbocycles. The Bertz CT molecular complexity index is 374. The predicted molar refractivity (Wildman–Crippen MR) is 92.0 cm³/mol. The number of aliphatic hydroxyl groups is 1. The van der Waals surface area contributed by atoms with Crippen LogP contribution in [0.3, 0.4) is 0 Å². The van der Waals surface area contributed by atoms with E-state index < -0.39 is 0 Å². The van der Waals surface area contributed by atoms with E-state index in [0.717, 1.165) is 30.9 Å². The van der Waals surface area contributed by atoms with Gasteiger partial charge in [-0.25, -0.2) is 0 Å². The largest absolute Gasteiger partial charge is 0.396 e. The first-order chi connectivity index (χ1) is 10.4. The van der Waals surface area contributed by atoms with E-state index in [2.05, 4.69) is 40.5 Å². The van der Waals surface area contributed by atoms with Gasteiger partial charge in [-0.3, -0.25) is 0 Å². The number of benzene rings is 1. The molecular weight excluding hydrogens is 280 g/mol. The lowest BCUT2D eigenvalue weighted by Gasteiger charge is -2.16. The van der Waals surface area contributed by atoms with Crippen LogP contribution in [0.4, 0.5) is 0 Å². The zero-order valence-corrected chi connectivity index (χ0v) is 13.7. The van der Waals surface area contributed by atoms with Crippen molar-refractivity contribution in [3.05, 3.63) is 35.9 Å². The summed E-state index contributed by atoms with van der Waals surface area (Å²) in [6, 6.07) is 11.4. The molecule has 0 radical (unpaired) electrons. The Labute approximate surface area is 133 Å². The average molecular weight is 308 g/mol. The highest BCUT2D eigenvalue weighted by atomic mass is 32.2. The Hall–Kier alpha value is -0.550. The van der Waals surface area contributed by atoms with Crippen molar-refractivity contribution >= 4 is 11.8 Å². The summed E-state index contributed by atoms with van der Waals surface area (Å²) in [5.74, 6) is 2.23. The van der Waals surface area contributed by atoms with Crippen LogP contribution in [-0.4, -0.2) is 60.3 Å². The topological polar surface area (TPSA) is 35.5 Å². The Morgan fingerprint density at radius 2 is 2.10 bits per heavy atom. The molecule has 1 aliphatic rings. The average Bonchev–Trinajstić information content (AvgIpc) is 2.98. The monoisotopic (exact) mass is 308 g/mol. The molecule has 0 amide bonds. The molecule has 3 nitrogen and oxygen atoms in total. The highest BCUT2D eigenvalue weighted by Crippen LogP contribution is 2.11. The zero-order valence-electron chi connectivity index (χ0n) is 12.8. The molecule has 1 atom stereocenters. The van der Waals surface area contributed by atoms with Crippen LogP contribution in [0.2, 0.25) is 0 Å². The molecule has 118 valence electrons. The number of hydrogen-bond acceptors (Lipinski definition) is 4. The number of hydrogen-bond donors (Lipinski definition) is 2. The van der Waals surface area contributed by atoms with E-state index in [0.29, 0.717) is 12.6 Å². The van der Waals surface area contributed by atoms with Crippen molar-refractivity contribution in [2.45, 2.75) is 25.3 Å². The summed E-state index contributed by atoms with van der Waals surface area (Å²) in [6.07, 6.45) is 3.35. The van der Waals surface area contributed by atoms with Gasteiger partial charge in [-0.15, -0.1) is 0 Å². The minimum absolute atomic E-state index is 0.319. The molecular formula is C17H28N2OS. The summed E-state index contributed by atoms with van der Waals surface area (Å²) in [5, 5.41) is 12.4. The molecule has 2 N–H and O–H groups in total. The molecule has 4 heteroatoms. The van der Waals surface area contributed by atoms with Gasteiger partial charge in [0.2, 0.25) is 0 Å². The minimum atomic E-state index is 0.319. The highest BCUT2D eigenvalue weighted by Gasteiger charge is 2.21. The first kappa shape index (κ1) is 16.8. The van der Waals surface area contributed by atoms with E-state index in [1.54, 1.807) is 0 Å². The van der Waals surface area contributed by atoms with E-state index in [1.165, 1.54) is 31.6 Å². The maximum absolute atomic E-state index is 8.72. The van der Waals surface area contributed by atoms with Crippen molar-refractivity contribution < 1.29 is 5.11 Å². The van der Waals surface area contributed by atoms with Crippen molar-refractivity contribution in [1.29, 1.82) is 0 Å². The van der Waals surface area contributed by atoms with Crippen molar-refractivity contribution in [1.82, 2.24) is 10.2 Å². The lowest BCUT2D eigenvalue weighted by atomic mass is 10.1. The second-order valence-corrected chi connectivity index (χ2v) is 6.89. The molecule has 21 heavy (non-hydrogen) atoms. The number of thioether (sulfide) groups is 1. The van der Waals surface area contributed by atoms with Crippen LogP contribution in [0.25, 0.3) is 0 Å². The molecule has 0 aliphatic carbocycles. The highest BCUT2D eigenvalue weighted by molar-refractivity contribution is 7.99. The minimum Gasteiger partial charge on any atom is -0.396 e. The predicted octanol–water partition coefficient (Wildman–Crippen LogP) is 2.01. The number of nitrogens with zero attached hydrogens (tertiary/aromatic N) is 1. The van der Waals surface area contributed by atoms with Crippen molar-refractivity contribution in [3.8, 4) is 0 Å². The van der Waals surface area contributed by atoms with Crippen molar-refractivity contribution in [3.63, 3.8) is 0 Å². The Morgan fingerprint density at radius 3 is 2.90 bits per heavy atom. The third-order valence-corrected chi connectivity index (χ3v) is 5.03. The maximum Gasteiger partial charge on any atom is 0.0438 e. The normalized spacial score (nSPS) is 19.2. The summed E-state index contributed by atoms with van der Waals surface area (Å²) in [6.45, 7) is 5.00. The molecule has 1 aliphatic heterocycles. The Morgan fingerprint density at radius 1 is 1.24 bits per heavy atom. The fourth-order valence-corrected chi connectivity index (χ4v) is 3.54. The van der Waals surface area contributed by atoms with Gasteiger partial charge >= 0.3 is 0 Å². The van der Waals surface area contributed by atoms with Gasteiger partial charge in [0.15, 0.2) is 0 Å². The summed E-state index contributed by atoms with van der Waals surface area (Å²) in [7, 11) is 0. The molecule has 1 aromatic rings. The zero-order chi connectivity index (χ0) is 14.8. The van der Waals surface area contributed by atoms with Crippen LogP contribution in [0.5, 0.6) is 0 Å². The maximum atomic E-state index is 8.72. The molecule has 0 saturated carbocycles. The first-order valence-electron chi connectivity index (χ1n) is 8.07. The molecule has 1 unspecified atom stereocenters. The van der Waals surface area contributed by atoms with Gasteiger partial charge in [0.1, 0.15) is 0 Å². The van der Waals surface area contributed by atoms with Gasteiger partial charge < -0.3 is 15.3 Å². The Balaban J connectivity index is 1.52. The second-order valence-electron chi connectivity index (χ2n) is 5.67. The van der Waals surface area contributed by atoms with Gasteiger partial charge in [-0.1, -0.05) is 30.3 Å². The summed E-state index contributed by atoms with van der Waals surface area (Å²) in [4.78, 5) is 2.57. The van der Waals surface area contributed by atoms with Crippen molar-refractivity contribution in [2.75, 3.05) is 44.3 Å². The summed E-state index contributed by atoms with van der Waals surface area (Å²) < 4.78 is 0. The van der Waals surface area contributed by atoms with Crippen LogP contribution in [0.15, 0.2) is 30.3 Å². The quantitative estimate of drug-likeness (QED) is 0.648. The molecule has 0 bridgehead atoms. The standard InChI is InChI=1S/C17H28N2OS/c20-12-4-13-21-14-9-18-17-8-11-19(15-17)10-7-16-5-2-1-3-6-16/h1-3,5-6,17-18,20H,4,7-15H2. The van der Waals surface area contributed by atoms with Crippen LogP contribution < -0.4 is 5.32 Å². The first-order valence-corrected chi connectivity index (χ1v) is 9.22. The van der Waals surface area contributed by atoms with Crippen LogP contribution in [0, 0.1) is 0 Å². The van der Waals surface area contributed by atoms with E-state index >= 15 is 0 Å². The third kappa shape index (κ3) is 6.83. The molecule has 1 fully saturated rings. The van der Waals surface area contributed by atoms with Gasteiger partial charge in [-0.05, 0) is 37.1 Å². The lowest BCUT2D eigenvalue weighted by Crippen LogP contribution is -2.34. The lowest BCUT2D eigenvalue weighted by molar-refractivity contribution is 0.296. The third-order valence-electron chi connectivity index (χ3n) is 3.96. The van der Waals surface area contributed by atoms with Gasteiger partial charge in [-0.2, -0.15) is 11.8 Å². The van der Waals surface area contributed by atoms with E-state index in [4.69, 9.17) is 5.11 Å². The van der Waals surface area contributed by atoms with Crippen LogP contribution in [0.1, 0.15) is 18.4 Å². The second kappa shape index (κ2) is 10.2. The smallest absolute Gasteiger partial charge is 0.0438 e. The van der Waals surface area contributed by atoms with Gasteiger partial charge in [0.05, 0.1) is 0 Å². The molecule has 2 rings (SSSR count). The molecule has 1 heterocycles. The fraction of sp³-hybridized carbons (Fsp3) is 0.647. The van der Waals surface area contributed by atoms with Gasteiger partial charge in [0, 0.05) is 38.0 Å². The van der Waals surface area contributed by atoms with Crippen LogP contribution >= 0.6 is 11.8 Å². The number of rotatable bonds is 10. The van der Waals surface area contributed by atoms with Gasteiger partial charge in [0.25, 0.3) is 0 Å². The van der Waals surface area contributed by atoms with E-state index in [-0.39, 0.29) is 0 Å². The summed E-state index contributed by atoms with van der Waals surface area (Å²) in [5.41, 5.74) is 1.44.